The first kappa shape index (κ1) is 17.2. The summed E-state index contributed by atoms with van der Waals surface area (Å²) in [5, 5.41) is 5.39. The van der Waals surface area contributed by atoms with Crippen molar-refractivity contribution in [2.24, 2.45) is 0 Å². The number of benzene rings is 1. The minimum Gasteiger partial charge on any atom is -0.497 e. The summed E-state index contributed by atoms with van der Waals surface area (Å²) in [5.74, 6) is 1.06. The van der Waals surface area contributed by atoms with E-state index in [0.717, 1.165) is 5.56 Å². The molecule has 0 aliphatic rings. The topological polar surface area (TPSA) is 73.3 Å². The fraction of sp³-hybridized carbons (Fsp3) is 0.118. The fourth-order valence-electron chi connectivity index (χ4n) is 2.15. The van der Waals surface area contributed by atoms with Crippen LogP contribution in [0.2, 0.25) is 5.15 Å². The highest BCUT2D eigenvalue weighted by atomic mass is 35.5. The third-order valence-electron chi connectivity index (χ3n) is 3.40. The Hall–Kier alpha value is -2.64. The predicted octanol–water partition coefficient (Wildman–Crippen LogP) is 4.13. The molecule has 0 atom stereocenters. The van der Waals surface area contributed by atoms with Gasteiger partial charge in [0.1, 0.15) is 16.7 Å². The molecular weight excluding hydrogens is 362 g/mol. The van der Waals surface area contributed by atoms with Crippen molar-refractivity contribution < 1.29 is 14.3 Å². The molecule has 1 aromatic carbocycles. The number of thiazole rings is 1. The molecule has 0 aliphatic carbocycles. The van der Waals surface area contributed by atoms with Crippen molar-refractivity contribution in [2.75, 3.05) is 19.5 Å². The van der Waals surface area contributed by atoms with Crippen molar-refractivity contribution in [1.82, 2.24) is 9.97 Å². The summed E-state index contributed by atoms with van der Waals surface area (Å²) in [4.78, 5) is 20.6. The van der Waals surface area contributed by atoms with Crippen LogP contribution < -0.4 is 14.8 Å². The number of amides is 1. The van der Waals surface area contributed by atoms with Gasteiger partial charge in [0.2, 0.25) is 0 Å². The molecule has 0 spiro atoms. The number of nitrogens with zero attached hydrogens (tertiary/aromatic N) is 2. The van der Waals surface area contributed by atoms with Crippen molar-refractivity contribution in [3.63, 3.8) is 0 Å². The van der Waals surface area contributed by atoms with Crippen LogP contribution in [0.25, 0.3) is 11.3 Å². The molecule has 1 amide bonds. The highest BCUT2D eigenvalue weighted by molar-refractivity contribution is 7.14. The third-order valence-corrected chi connectivity index (χ3v) is 4.38. The van der Waals surface area contributed by atoms with E-state index in [2.05, 4.69) is 15.3 Å². The molecule has 0 bridgehead atoms. The van der Waals surface area contributed by atoms with Crippen LogP contribution in [0, 0.1) is 0 Å². The standard InChI is InChI=1S/C17H14ClN3O3S/c1-23-11-4-5-14(24-2)12(7-11)13-9-25-17(20-13)21-16(22)10-3-6-15(18)19-8-10/h3-9H,1-2H3,(H,20,21,22). The van der Waals surface area contributed by atoms with Gasteiger partial charge in [-0.15, -0.1) is 11.3 Å². The quantitative estimate of drug-likeness (QED) is 0.679. The van der Waals surface area contributed by atoms with Crippen molar-refractivity contribution in [3.05, 3.63) is 52.6 Å². The van der Waals surface area contributed by atoms with Gasteiger partial charge >= 0.3 is 0 Å². The molecule has 0 unspecified atom stereocenters. The maximum absolute atomic E-state index is 12.2. The number of aromatic nitrogens is 2. The normalized spacial score (nSPS) is 10.4. The Labute approximate surface area is 153 Å². The van der Waals surface area contributed by atoms with Gasteiger partial charge in [-0.25, -0.2) is 9.97 Å². The van der Waals surface area contributed by atoms with E-state index in [1.165, 1.54) is 17.5 Å². The highest BCUT2D eigenvalue weighted by Gasteiger charge is 2.14. The van der Waals surface area contributed by atoms with E-state index >= 15 is 0 Å². The summed E-state index contributed by atoms with van der Waals surface area (Å²) in [6.45, 7) is 0. The number of carbonyl (C=O) groups is 1. The summed E-state index contributed by atoms with van der Waals surface area (Å²) >= 11 is 7.04. The number of rotatable bonds is 5. The molecule has 0 saturated carbocycles. The number of hydrogen-bond acceptors (Lipinski definition) is 6. The first-order valence-corrected chi connectivity index (χ1v) is 8.47. The summed E-state index contributed by atoms with van der Waals surface area (Å²) < 4.78 is 10.6. The van der Waals surface area contributed by atoms with Crippen LogP contribution in [0.5, 0.6) is 11.5 Å². The number of carbonyl (C=O) groups excluding carboxylic acids is 1. The second kappa shape index (κ2) is 7.50. The zero-order valence-electron chi connectivity index (χ0n) is 13.4. The Kier molecular flexibility index (Phi) is 5.16. The maximum Gasteiger partial charge on any atom is 0.259 e. The molecule has 8 heteroatoms. The van der Waals surface area contributed by atoms with Gasteiger partial charge in [-0.05, 0) is 30.3 Å². The van der Waals surface area contributed by atoms with E-state index in [-0.39, 0.29) is 5.91 Å². The van der Waals surface area contributed by atoms with Crippen molar-refractivity contribution in [1.29, 1.82) is 0 Å². The third kappa shape index (κ3) is 3.89. The number of methoxy groups -OCH3 is 2. The second-order valence-corrected chi connectivity index (χ2v) is 6.17. The van der Waals surface area contributed by atoms with Gasteiger partial charge in [0, 0.05) is 17.1 Å². The van der Waals surface area contributed by atoms with Gasteiger partial charge in [-0.3, -0.25) is 10.1 Å². The number of pyridine rings is 1. The fourth-order valence-corrected chi connectivity index (χ4v) is 2.97. The van der Waals surface area contributed by atoms with Crippen LogP contribution in [0.1, 0.15) is 10.4 Å². The number of halogens is 1. The van der Waals surface area contributed by atoms with Gasteiger partial charge in [0.25, 0.3) is 5.91 Å². The predicted molar refractivity (Wildman–Crippen MR) is 97.9 cm³/mol. The average molecular weight is 376 g/mol. The number of hydrogen-bond donors (Lipinski definition) is 1. The molecule has 128 valence electrons. The Balaban J connectivity index is 1.83. The Bertz CT molecular complexity index is 896. The monoisotopic (exact) mass is 375 g/mol. The van der Waals surface area contributed by atoms with Gasteiger partial charge in [0.05, 0.1) is 25.5 Å². The molecule has 3 rings (SSSR count). The highest BCUT2D eigenvalue weighted by Crippen LogP contribution is 2.35. The van der Waals surface area contributed by atoms with Crippen molar-refractivity contribution in [2.45, 2.75) is 0 Å². The first-order valence-electron chi connectivity index (χ1n) is 7.21. The van der Waals surface area contributed by atoms with E-state index in [1.807, 2.05) is 23.6 Å². The van der Waals surface area contributed by atoms with E-state index in [4.69, 9.17) is 21.1 Å². The van der Waals surface area contributed by atoms with Gasteiger partial charge < -0.3 is 9.47 Å². The van der Waals surface area contributed by atoms with E-state index < -0.39 is 0 Å². The van der Waals surface area contributed by atoms with E-state index in [1.54, 1.807) is 26.4 Å². The smallest absolute Gasteiger partial charge is 0.259 e. The molecule has 0 fully saturated rings. The van der Waals surface area contributed by atoms with Gasteiger partial charge in [-0.1, -0.05) is 11.6 Å². The van der Waals surface area contributed by atoms with Crippen molar-refractivity contribution in [3.8, 4) is 22.8 Å². The van der Waals surface area contributed by atoms with Crippen LogP contribution in [-0.4, -0.2) is 30.1 Å². The molecule has 1 N–H and O–H groups in total. The molecule has 3 aromatic rings. The molecule has 0 aliphatic heterocycles. The van der Waals surface area contributed by atoms with Gasteiger partial charge in [0.15, 0.2) is 5.13 Å². The number of ether oxygens (including phenoxy) is 2. The summed E-state index contributed by atoms with van der Waals surface area (Å²) in [7, 11) is 3.19. The average Bonchev–Trinajstić information content (AvgIpc) is 3.10. The van der Waals surface area contributed by atoms with Gasteiger partial charge in [-0.2, -0.15) is 0 Å². The lowest BCUT2D eigenvalue weighted by atomic mass is 10.1. The Morgan fingerprint density at radius 1 is 1.20 bits per heavy atom. The lowest BCUT2D eigenvalue weighted by Gasteiger charge is -2.08. The lowest BCUT2D eigenvalue weighted by Crippen LogP contribution is -2.11. The summed E-state index contributed by atoms with van der Waals surface area (Å²) in [6, 6.07) is 8.62. The summed E-state index contributed by atoms with van der Waals surface area (Å²) in [5.41, 5.74) is 1.87. The molecule has 0 saturated heterocycles. The molecule has 2 heterocycles. The van der Waals surface area contributed by atoms with Crippen LogP contribution in [0.15, 0.2) is 41.9 Å². The van der Waals surface area contributed by atoms with Crippen LogP contribution in [0.3, 0.4) is 0 Å². The zero-order chi connectivity index (χ0) is 17.8. The largest absolute Gasteiger partial charge is 0.497 e. The lowest BCUT2D eigenvalue weighted by molar-refractivity contribution is 0.102. The number of anilines is 1. The minimum absolute atomic E-state index is 0.303. The first-order chi connectivity index (χ1) is 12.1. The Morgan fingerprint density at radius 3 is 2.72 bits per heavy atom. The molecule has 25 heavy (non-hydrogen) atoms. The second-order valence-electron chi connectivity index (χ2n) is 4.93. The minimum atomic E-state index is -0.303. The zero-order valence-corrected chi connectivity index (χ0v) is 15.0. The Morgan fingerprint density at radius 2 is 2.04 bits per heavy atom. The number of nitrogens with one attached hydrogen (secondary N) is 1. The summed E-state index contributed by atoms with van der Waals surface area (Å²) in [6.07, 6.45) is 1.41. The van der Waals surface area contributed by atoms with E-state index in [9.17, 15) is 4.79 Å². The maximum atomic E-state index is 12.2. The SMILES string of the molecule is COc1ccc(OC)c(-c2csc(NC(=O)c3ccc(Cl)nc3)n2)c1. The van der Waals surface area contributed by atoms with E-state index in [0.29, 0.717) is 33.0 Å². The van der Waals surface area contributed by atoms with Crippen molar-refractivity contribution >= 4 is 34.0 Å². The molecular formula is C17H14ClN3O3S. The molecule has 2 aromatic heterocycles. The molecule has 0 radical (unpaired) electrons. The molecule has 6 nitrogen and oxygen atoms in total. The van der Waals surface area contributed by atoms with Crippen LogP contribution in [0.4, 0.5) is 5.13 Å². The van der Waals surface area contributed by atoms with Crippen LogP contribution >= 0.6 is 22.9 Å². The van der Waals surface area contributed by atoms with Crippen LogP contribution in [-0.2, 0) is 0 Å².